The Labute approximate surface area is 134 Å². The summed E-state index contributed by atoms with van der Waals surface area (Å²) < 4.78 is 11.4. The molecule has 0 spiro atoms. The van der Waals surface area contributed by atoms with Crippen molar-refractivity contribution in [1.82, 2.24) is 5.32 Å². The molecule has 0 aliphatic rings. The van der Waals surface area contributed by atoms with Crippen molar-refractivity contribution in [3.8, 4) is 11.5 Å². The fourth-order valence-corrected chi connectivity index (χ4v) is 2.88. The van der Waals surface area contributed by atoms with Crippen LogP contribution in [0.1, 0.15) is 24.5 Å². The van der Waals surface area contributed by atoms with Crippen LogP contribution in [0.2, 0.25) is 5.02 Å². The number of methoxy groups -OCH3 is 1. The van der Waals surface area contributed by atoms with Gasteiger partial charge in [0.1, 0.15) is 6.61 Å². The Morgan fingerprint density at radius 1 is 1.33 bits per heavy atom. The van der Waals surface area contributed by atoms with E-state index < -0.39 is 0 Å². The van der Waals surface area contributed by atoms with Gasteiger partial charge in [-0.05, 0) is 41.4 Å². The maximum atomic E-state index is 6.15. The van der Waals surface area contributed by atoms with Crippen LogP contribution >= 0.6 is 22.9 Å². The SMILES string of the molecule is CCCNCc1cc(Cl)cc(OC)c1OCc1ccsc1. The lowest BCUT2D eigenvalue weighted by Crippen LogP contribution is -2.15. The summed E-state index contributed by atoms with van der Waals surface area (Å²) in [4.78, 5) is 0. The molecule has 0 saturated carbocycles. The minimum absolute atomic E-state index is 0.530. The number of benzene rings is 1. The predicted octanol–water partition coefficient (Wildman–Crippen LogP) is 4.49. The van der Waals surface area contributed by atoms with Crippen LogP contribution in [-0.2, 0) is 13.2 Å². The number of rotatable bonds is 8. The van der Waals surface area contributed by atoms with Crippen LogP contribution in [0.3, 0.4) is 0 Å². The molecule has 1 aromatic heterocycles. The number of halogens is 1. The zero-order valence-electron chi connectivity index (χ0n) is 12.3. The van der Waals surface area contributed by atoms with Crippen molar-refractivity contribution in [2.24, 2.45) is 0 Å². The fraction of sp³-hybridized carbons (Fsp3) is 0.375. The van der Waals surface area contributed by atoms with E-state index in [0.717, 1.165) is 29.8 Å². The van der Waals surface area contributed by atoms with Crippen LogP contribution in [-0.4, -0.2) is 13.7 Å². The second kappa shape index (κ2) is 8.27. The van der Waals surface area contributed by atoms with Crippen LogP contribution in [0.5, 0.6) is 11.5 Å². The van der Waals surface area contributed by atoms with E-state index in [-0.39, 0.29) is 0 Å². The van der Waals surface area contributed by atoms with Gasteiger partial charge in [-0.25, -0.2) is 0 Å². The van der Waals surface area contributed by atoms with Crippen LogP contribution in [0.4, 0.5) is 0 Å². The number of ether oxygens (including phenoxy) is 2. The first kappa shape index (κ1) is 16.1. The molecule has 1 N–H and O–H groups in total. The topological polar surface area (TPSA) is 30.5 Å². The van der Waals surface area contributed by atoms with Gasteiger partial charge in [-0.1, -0.05) is 18.5 Å². The number of hydrogen-bond donors (Lipinski definition) is 1. The molecule has 0 amide bonds. The van der Waals surface area contributed by atoms with Crippen molar-refractivity contribution < 1.29 is 9.47 Å². The first-order valence-electron chi connectivity index (χ1n) is 6.95. The zero-order chi connectivity index (χ0) is 15.1. The van der Waals surface area contributed by atoms with Gasteiger partial charge in [-0.2, -0.15) is 11.3 Å². The summed E-state index contributed by atoms with van der Waals surface area (Å²) in [5.74, 6) is 1.43. The van der Waals surface area contributed by atoms with Crippen LogP contribution in [0, 0.1) is 0 Å². The van der Waals surface area contributed by atoms with Crippen LogP contribution < -0.4 is 14.8 Å². The Balaban J connectivity index is 2.17. The van der Waals surface area contributed by atoms with Gasteiger partial charge < -0.3 is 14.8 Å². The number of nitrogens with one attached hydrogen (secondary N) is 1. The van der Waals surface area contributed by atoms with Crippen LogP contribution in [0.25, 0.3) is 0 Å². The lowest BCUT2D eigenvalue weighted by Gasteiger charge is -2.16. The van der Waals surface area contributed by atoms with E-state index >= 15 is 0 Å². The highest BCUT2D eigenvalue weighted by atomic mass is 35.5. The molecule has 0 bridgehead atoms. The average molecular weight is 326 g/mol. The lowest BCUT2D eigenvalue weighted by atomic mass is 10.1. The zero-order valence-corrected chi connectivity index (χ0v) is 13.9. The maximum absolute atomic E-state index is 6.15. The third-order valence-corrected chi connectivity index (χ3v) is 3.97. The van der Waals surface area contributed by atoms with E-state index in [4.69, 9.17) is 21.1 Å². The van der Waals surface area contributed by atoms with Gasteiger partial charge in [-0.15, -0.1) is 0 Å². The third kappa shape index (κ3) is 4.63. The first-order chi connectivity index (χ1) is 10.2. The highest BCUT2D eigenvalue weighted by molar-refractivity contribution is 7.07. The quantitative estimate of drug-likeness (QED) is 0.725. The Hall–Kier alpha value is -1.23. The molecule has 0 saturated heterocycles. The molecule has 3 nitrogen and oxygen atoms in total. The summed E-state index contributed by atoms with van der Waals surface area (Å²) in [5.41, 5.74) is 2.17. The Morgan fingerprint density at radius 2 is 2.19 bits per heavy atom. The van der Waals surface area contributed by atoms with Crippen molar-refractivity contribution in [3.05, 3.63) is 45.1 Å². The molecule has 0 aliphatic heterocycles. The monoisotopic (exact) mass is 325 g/mol. The Morgan fingerprint density at radius 3 is 2.86 bits per heavy atom. The third-order valence-electron chi connectivity index (χ3n) is 3.02. The highest BCUT2D eigenvalue weighted by Crippen LogP contribution is 2.35. The van der Waals surface area contributed by atoms with Crippen LogP contribution in [0.15, 0.2) is 29.0 Å². The Bertz CT molecular complexity index is 558. The van der Waals surface area contributed by atoms with Gasteiger partial charge in [0.15, 0.2) is 11.5 Å². The summed E-state index contributed by atoms with van der Waals surface area (Å²) in [6, 6.07) is 5.77. The van der Waals surface area contributed by atoms with Gasteiger partial charge in [0.2, 0.25) is 0 Å². The smallest absolute Gasteiger partial charge is 0.166 e. The minimum Gasteiger partial charge on any atom is -0.493 e. The summed E-state index contributed by atoms with van der Waals surface area (Å²) >= 11 is 7.82. The molecule has 2 rings (SSSR count). The molecule has 1 heterocycles. The summed E-state index contributed by atoms with van der Waals surface area (Å²) in [6.45, 7) is 4.34. The van der Waals surface area contributed by atoms with E-state index in [1.807, 2.05) is 11.4 Å². The molecule has 114 valence electrons. The van der Waals surface area contributed by atoms with Gasteiger partial charge in [0.25, 0.3) is 0 Å². The normalized spacial score (nSPS) is 10.6. The second-order valence-corrected chi connectivity index (χ2v) is 5.91. The largest absolute Gasteiger partial charge is 0.493 e. The maximum Gasteiger partial charge on any atom is 0.166 e. The fourth-order valence-electron chi connectivity index (χ4n) is 2.00. The molecule has 5 heteroatoms. The molecule has 0 radical (unpaired) electrons. The standard InChI is InChI=1S/C16H20ClNO2S/c1-3-5-18-9-13-7-14(17)8-15(19-2)16(13)20-10-12-4-6-21-11-12/h4,6-8,11,18H,3,5,9-10H2,1-2H3. The molecule has 1 aromatic carbocycles. The molecular formula is C16H20ClNO2S. The van der Waals surface area contributed by atoms with Crippen molar-refractivity contribution in [2.45, 2.75) is 26.5 Å². The molecule has 21 heavy (non-hydrogen) atoms. The van der Waals surface area contributed by atoms with E-state index in [0.29, 0.717) is 23.9 Å². The van der Waals surface area contributed by atoms with E-state index in [1.54, 1.807) is 24.5 Å². The van der Waals surface area contributed by atoms with Crippen molar-refractivity contribution >= 4 is 22.9 Å². The van der Waals surface area contributed by atoms with Crippen molar-refractivity contribution in [2.75, 3.05) is 13.7 Å². The lowest BCUT2D eigenvalue weighted by molar-refractivity contribution is 0.281. The second-order valence-electron chi connectivity index (χ2n) is 4.69. The van der Waals surface area contributed by atoms with Crippen molar-refractivity contribution in [3.63, 3.8) is 0 Å². The minimum atomic E-state index is 0.530. The Kier molecular flexibility index (Phi) is 6.36. The van der Waals surface area contributed by atoms with Crippen molar-refractivity contribution in [1.29, 1.82) is 0 Å². The highest BCUT2D eigenvalue weighted by Gasteiger charge is 2.13. The molecule has 2 aromatic rings. The van der Waals surface area contributed by atoms with Gasteiger partial charge in [0, 0.05) is 23.2 Å². The summed E-state index contributed by atoms with van der Waals surface area (Å²) in [5, 5.41) is 8.15. The molecule has 0 unspecified atom stereocenters. The summed E-state index contributed by atoms with van der Waals surface area (Å²) in [7, 11) is 1.63. The average Bonchev–Trinajstić information content (AvgIpc) is 2.99. The molecule has 0 atom stereocenters. The first-order valence-corrected chi connectivity index (χ1v) is 8.27. The van der Waals surface area contributed by atoms with Gasteiger partial charge in [-0.3, -0.25) is 0 Å². The van der Waals surface area contributed by atoms with E-state index in [2.05, 4.69) is 23.7 Å². The van der Waals surface area contributed by atoms with Gasteiger partial charge in [0.05, 0.1) is 7.11 Å². The molecule has 0 fully saturated rings. The number of hydrogen-bond acceptors (Lipinski definition) is 4. The predicted molar refractivity (Wildman–Crippen MR) is 88.7 cm³/mol. The van der Waals surface area contributed by atoms with E-state index in [1.165, 1.54) is 0 Å². The summed E-state index contributed by atoms with van der Waals surface area (Å²) in [6.07, 6.45) is 1.09. The van der Waals surface area contributed by atoms with E-state index in [9.17, 15) is 0 Å². The molecule has 0 aliphatic carbocycles. The van der Waals surface area contributed by atoms with Gasteiger partial charge >= 0.3 is 0 Å². The molecular weight excluding hydrogens is 306 g/mol. The number of thiophene rings is 1.